The van der Waals surface area contributed by atoms with E-state index in [1.54, 1.807) is 6.07 Å². The predicted octanol–water partition coefficient (Wildman–Crippen LogP) is 2.94. The molecule has 2 saturated heterocycles. The van der Waals surface area contributed by atoms with Crippen molar-refractivity contribution in [2.45, 2.75) is 89.1 Å². The summed E-state index contributed by atoms with van der Waals surface area (Å²) in [6.45, 7) is 3.97. The number of hydrogen-bond acceptors (Lipinski definition) is 4. The van der Waals surface area contributed by atoms with Gasteiger partial charge in [0, 0.05) is 44.1 Å². The van der Waals surface area contributed by atoms with Crippen molar-refractivity contribution in [3.05, 3.63) is 27.9 Å². The fourth-order valence-corrected chi connectivity index (χ4v) is 6.37. The number of amides is 1. The van der Waals surface area contributed by atoms with E-state index in [0.29, 0.717) is 12.6 Å². The van der Waals surface area contributed by atoms with E-state index in [4.69, 9.17) is 4.98 Å². The van der Waals surface area contributed by atoms with Gasteiger partial charge in [0.25, 0.3) is 5.56 Å². The first-order chi connectivity index (χ1) is 14.7. The van der Waals surface area contributed by atoms with Crippen molar-refractivity contribution < 1.29 is 4.79 Å². The maximum Gasteiger partial charge on any atom is 0.253 e. The molecule has 6 nitrogen and oxygen atoms in total. The number of piperidine rings is 1. The molecule has 30 heavy (non-hydrogen) atoms. The monoisotopic (exact) mass is 412 g/mol. The molecule has 1 aromatic rings. The third-order valence-corrected chi connectivity index (χ3v) is 8.05. The van der Waals surface area contributed by atoms with E-state index in [-0.39, 0.29) is 17.4 Å². The van der Waals surface area contributed by atoms with E-state index in [0.717, 1.165) is 69.3 Å². The van der Waals surface area contributed by atoms with Crippen molar-refractivity contribution in [2.24, 2.45) is 5.92 Å². The number of carbonyl (C=O) groups is 1. The summed E-state index contributed by atoms with van der Waals surface area (Å²) in [4.78, 5) is 35.2. The van der Waals surface area contributed by atoms with Crippen LogP contribution < -0.4 is 5.56 Å². The highest BCUT2D eigenvalue weighted by Crippen LogP contribution is 2.35. The van der Waals surface area contributed by atoms with E-state index in [2.05, 4.69) is 4.90 Å². The number of carbonyl (C=O) groups excluding carboxylic acids is 1. The number of aryl methyl sites for hydroxylation is 1. The minimum Gasteiger partial charge on any atom is -0.341 e. The van der Waals surface area contributed by atoms with Gasteiger partial charge in [0.05, 0.1) is 12.2 Å². The van der Waals surface area contributed by atoms with Crippen LogP contribution in [0.4, 0.5) is 0 Å². The van der Waals surface area contributed by atoms with Gasteiger partial charge in [0.2, 0.25) is 5.91 Å². The van der Waals surface area contributed by atoms with Crippen molar-refractivity contribution in [2.75, 3.05) is 26.2 Å². The first kappa shape index (κ1) is 20.2. The smallest absolute Gasteiger partial charge is 0.253 e. The van der Waals surface area contributed by atoms with Crippen LogP contribution in [-0.2, 0) is 17.8 Å². The molecule has 0 aromatic carbocycles. The average Bonchev–Trinajstić information content (AvgIpc) is 3.13. The molecule has 0 radical (unpaired) electrons. The van der Waals surface area contributed by atoms with Crippen LogP contribution in [-0.4, -0.2) is 57.5 Å². The summed E-state index contributed by atoms with van der Waals surface area (Å²) < 4.78 is 1.87. The Balaban J connectivity index is 1.23. The average molecular weight is 413 g/mol. The van der Waals surface area contributed by atoms with Crippen LogP contribution in [0.2, 0.25) is 0 Å². The van der Waals surface area contributed by atoms with Crippen LogP contribution in [0, 0.1) is 5.92 Å². The summed E-state index contributed by atoms with van der Waals surface area (Å²) in [5.74, 6) is 2.25. The first-order valence-corrected chi connectivity index (χ1v) is 12.3. The summed E-state index contributed by atoms with van der Waals surface area (Å²) in [5, 5.41) is 0. The van der Waals surface area contributed by atoms with Crippen molar-refractivity contribution in [1.82, 2.24) is 19.4 Å². The standard InChI is InChI=1S/C24H36N4O2/c29-23-15-20(25-22-10-2-1-5-13-28(22)23)19-11-14-27(16-19)24(30)17-26-12-6-8-18-7-3-4-9-21(18)26/h15,18-19,21H,1-14,16-17H2/t18-,19-,21-/m0/s1. The van der Waals surface area contributed by atoms with E-state index in [9.17, 15) is 9.59 Å². The van der Waals surface area contributed by atoms with Gasteiger partial charge in [-0.1, -0.05) is 19.3 Å². The van der Waals surface area contributed by atoms with Gasteiger partial charge in [-0.25, -0.2) is 4.98 Å². The second-order valence-corrected chi connectivity index (χ2v) is 9.95. The normalized spacial score (nSPS) is 29.9. The van der Waals surface area contributed by atoms with Gasteiger partial charge < -0.3 is 4.90 Å². The van der Waals surface area contributed by atoms with Gasteiger partial charge in [-0.15, -0.1) is 0 Å². The number of aromatic nitrogens is 2. The van der Waals surface area contributed by atoms with Gasteiger partial charge in [-0.3, -0.25) is 19.1 Å². The Morgan fingerprint density at radius 3 is 2.77 bits per heavy atom. The molecule has 1 aromatic heterocycles. The summed E-state index contributed by atoms with van der Waals surface area (Å²) in [7, 11) is 0. The van der Waals surface area contributed by atoms with Crippen LogP contribution in [0.1, 0.15) is 81.6 Å². The zero-order valence-electron chi connectivity index (χ0n) is 18.2. The van der Waals surface area contributed by atoms with Gasteiger partial charge in [-0.05, 0) is 57.4 Å². The minimum absolute atomic E-state index is 0.0957. The lowest BCUT2D eigenvalue weighted by Gasteiger charge is -2.44. The van der Waals surface area contributed by atoms with E-state index in [1.807, 2.05) is 9.47 Å². The summed E-state index contributed by atoms with van der Waals surface area (Å²) in [6, 6.07) is 2.37. The Hall–Kier alpha value is -1.69. The molecule has 5 rings (SSSR count). The Bertz CT molecular complexity index is 833. The molecule has 3 fully saturated rings. The molecule has 0 N–H and O–H groups in total. The van der Waals surface area contributed by atoms with E-state index in [1.165, 1.54) is 44.9 Å². The topological polar surface area (TPSA) is 58.4 Å². The lowest BCUT2D eigenvalue weighted by atomic mass is 9.78. The number of fused-ring (bicyclic) bond motifs is 2. The first-order valence-electron chi connectivity index (χ1n) is 12.3. The van der Waals surface area contributed by atoms with Crippen LogP contribution in [0.15, 0.2) is 10.9 Å². The SMILES string of the molecule is O=C(CN1CCC[C@@H]2CCCC[C@@H]21)N1CC[C@H](c2cc(=O)n3c(n2)CCCCC3)C1. The van der Waals surface area contributed by atoms with Crippen molar-refractivity contribution in [3.8, 4) is 0 Å². The fourth-order valence-electron chi connectivity index (χ4n) is 6.37. The second kappa shape index (κ2) is 8.81. The van der Waals surface area contributed by atoms with Crippen molar-refractivity contribution in [3.63, 3.8) is 0 Å². The Morgan fingerprint density at radius 1 is 0.967 bits per heavy atom. The third-order valence-electron chi connectivity index (χ3n) is 8.05. The van der Waals surface area contributed by atoms with Crippen LogP contribution in [0.25, 0.3) is 0 Å². The molecule has 0 bridgehead atoms. The Kier molecular flexibility index (Phi) is 5.94. The zero-order chi connectivity index (χ0) is 20.5. The molecule has 0 spiro atoms. The number of hydrogen-bond donors (Lipinski definition) is 0. The largest absolute Gasteiger partial charge is 0.341 e. The maximum atomic E-state index is 13.1. The zero-order valence-corrected chi connectivity index (χ0v) is 18.2. The van der Waals surface area contributed by atoms with Crippen molar-refractivity contribution in [1.29, 1.82) is 0 Å². The fraction of sp³-hybridized carbons (Fsp3) is 0.792. The highest BCUT2D eigenvalue weighted by atomic mass is 16.2. The molecular formula is C24H36N4O2. The number of likely N-dealkylation sites (tertiary alicyclic amines) is 2. The molecule has 1 amide bonds. The summed E-state index contributed by atoms with van der Waals surface area (Å²) in [6.07, 6.45) is 13.1. The quantitative estimate of drug-likeness (QED) is 0.766. The second-order valence-electron chi connectivity index (χ2n) is 9.95. The summed E-state index contributed by atoms with van der Waals surface area (Å²) in [5.41, 5.74) is 1.01. The third kappa shape index (κ3) is 4.08. The van der Waals surface area contributed by atoms with Gasteiger partial charge in [0.15, 0.2) is 0 Å². The van der Waals surface area contributed by atoms with E-state index < -0.39 is 0 Å². The lowest BCUT2D eigenvalue weighted by Crippen LogP contribution is -2.50. The molecule has 3 aliphatic heterocycles. The highest BCUT2D eigenvalue weighted by molar-refractivity contribution is 5.78. The highest BCUT2D eigenvalue weighted by Gasteiger charge is 2.36. The van der Waals surface area contributed by atoms with Gasteiger partial charge in [0.1, 0.15) is 5.82 Å². The Labute approximate surface area is 179 Å². The summed E-state index contributed by atoms with van der Waals surface area (Å²) >= 11 is 0. The van der Waals surface area contributed by atoms with Crippen LogP contribution in [0.5, 0.6) is 0 Å². The molecule has 6 heteroatoms. The molecule has 1 aliphatic carbocycles. The molecule has 3 atom stereocenters. The maximum absolute atomic E-state index is 13.1. The van der Waals surface area contributed by atoms with Gasteiger partial charge >= 0.3 is 0 Å². The molecule has 4 aliphatic rings. The molecule has 4 heterocycles. The molecule has 0 unspecified atom stereocenters. The number of rotatable bonds is 3. The van der Waals surface area contributed by atoms with Crippen LogP contribution in [0.3, 0.4) is 0 Å². The molecular weight excluding hydrogens is 376 g/mol. The molecule has 164 valence electrons. The molecule has 1 saturated carbocycles. The van der Waals surface area contributed by atoms with E-state index >= 15 is 0 Å². The van der Waals surface area contributed by atoms with Gasteiger partial charge in [-0.2, -0.15) is 0 Å². The lowest BCUT2D eigenvalue weighted by molar-refractivity contribution is -0.133. The predicted molar refractivity (Wildman–Crippen MR) is 117 cm³/mol. The Morgan fingerprint density at radius 2 is 1.83 bits per heavy atom. The van der Waals surface area contributed by atoms with Crippen LogP contribution >= 0.6 is 0 Å². The number of nitrogens with zero attached hydrogens (tertiary/aromatic N) is 4. The van der Waals surface area contributed by atoms with Crippen molar-refractivity contribution >= 4 is 5.91 Å². The minimum atomic E-state index is 0.0957.